The molecule has 1 aliphatic heterocycles. The van der Waals surface area contributed by atoms with E-state index in [0.29, 0.717) is 18.7 Å². The molecular weight excluding hydrogens is 356 g/mol. The molecule has 1 aromatic carbocycles. The average molecular weight is 391 g/mol. The molecule has 156 valence electrons. The van der Waals surface area contributed by atoms with Crippen LogP contribution in [0.15, 0.2) is 18.2 Å². The zero-order chi connectivity index (χ0) is 21.1. The monoisotopic (exact) mass is 390 g/mol. The summed E-state index contributed by atoms with van der Waals surface area (Å²) < 4.78 is 10.4. The number of amides is 1. The van der Waals surface area contributed by atoms with Crippen LogP contribution in [0.5, 0.6) is 0 Å². The number of benzene rings is 1. The molecule has 1 aliphatic rings. The standard InChI is InChI=1S/C22H34N2O4/c1-8-9-17-12-18(20(25)27-7)10-11-19(17)23-13-16(3)24(14-15(23)2)21(26)28-22(4,5)6/h10-12,15-16H,8-9,13-14H2,1-7H3. The fourth-order valence-electron chi connectivity index (χ4n) is 3.62. The summed E-state index contributed by atoms with van der Waals surface area (Å²) in [6.07, 6.45) is 1.61. The number of anilines is 1. The van der Waals surface area contributed by atoms with Crippen LogP contribution in [0.2, 0.25) is 0 Å². The third-order valence-corrected chi connectivity index (χ3v) is 4.94. The van der Waals surface area contributed by atoms with Crippen molar-refractivity contribution >= 4 is 17.7 Å². The highest BCUT2D eigenvalue weighted by molar-refractivity contribution is 5.90. The highest BCUT2D eigenvalue weighted by atomic mass is 16.6. The highest BCUT2D eigenvalue weighted by Crippen LogP contribution is 2.29. The Kier molecular flexibility index (Phi) is 6.96. The maximum atomic E-state index is 12.6. The summed E-state index contributed by atoms with van der Waals surface area (Å²) >= 11 is 0. The summed E-state index contributed by atoms with van der Waals surface area (Å²) in [5, 5.41) is 0. The van der Waals surface area contributed by atoms with E-state index in [1.54, 1.807) is 0 Å². The van der Waals surface area contributed by atoms with E-state index in [-0.39, 0.29) is 24.1 Å². The van der Waals surface area contributed by atoms with Crippen LogP contribution in [0.4, 0.5) is 10.5 Å². The van der Waals surface area contributed by atoms with E-state index < -0.39 is 5.60 Å². The van der Waals surface area contributed by atoms with Gasteiger partial charge in [-0.25, -0.2) is 9.59 Å². The van der Waals surface area contributed by atoms with Crippen molar-refractivity contribution in [2.24, 2.45) is 0 Å². The molecule has 6 heteroatoms. The Morgan fingerprint density at radius 2 is 1.82 bits per heavy atom. The van der Waals surface area contributed by atoms with Crippen molar-refractivity contribution in [3.63, 3.8) is 0 Å². The van der Waals surface area contributed by atoms with Gasteiger partial charge in [0, 0.05) is 30.9 Å². The van der Waals surface area contributed by atoms with Gasteiger partial charge in [-0.15, -0.1) is 0 Å². The van der Waals surface area contributed by atoms with Gasteiger partial charge in [-0.3, -0.25) is 0 Å². The number of esters is 1. The lowest BCUT2D eigenvalue weighted by molar-refractivity contribution is 0.0130. The predicted molar refractivity (Wildman–Crippen MR) is 111 cm³/mol. The van der Waals surface area contributed by atoms with Crippen LogP contribution in [0, 0.1) is 0 Å². The predicted octanol–water partition coefficient (Wildman–Crippen LogP) is 4.26. The van der Waals surface area contributed by atoms with Gasteiger partial charge in [0.15, 0.2) is 0 Å². The van der Waals surface area contributed by atoms with Crippen LogP contribution in [-0.2, 0) is 15.9 Å². The average Bonchev–Trinajstić information content (AvgIpc) is 2.61. The Labute approximate surface area is 168 Å². The number of carbonyl (C=O) groups is 2. The zero-order valence-corrected chi connectivity index (χ0v) is 18.2. The molecule has 0 radical (unpaired) electrons. The number of piperazine rings is 1. The first-order valence-corrected chi connectivity index (χ1v) is 10.0. The number of hydrogen-bond acceptors (Lipinski definition) is 5. The van der Waals surface area contributed by atoms with E-state index in [1.165, 1.54) is 7.11 Å². The number of hydrogen-bond donors (Lipinski definition) is 0. The smallest absolute Gasteiger partial charge is 0.410 e. The number of rotatable bonds is 4. The zero-order valence-electron chi connectivity index (χ0n) is 18.2. The van der Waals surface area contributed by atoms with Gasteiger partial charge in [0.1, 0.15) is 5.60 Å². The van der Waals surface area contributed by atoms with E-state index in [0.717, 1.165) is 24.1 Å². The minimum absolute atomic E-state index is 0.0285. The molecule has 2 unspecified atom stereocenters. The van der Waals surface area contributed by atoms with Crippen LogP contribution in [0.3, 0.4) is 0 Å². The van der Waals surface area contributed by atoms with Crippen molar-refractivity contribution in [2.75, 3.05) is 25.1 Å². The highest BCUT2D eigenvalue weighted by Gasteiger charge is 2.35. The minimum Gasteiger partial charge on any atom is -0.465 e. The first-order chi connectivity index (χ1) is 13.1. The summed E-state index contributed by atoms with van der Waals surface area (Å²) in [6, 6.07) is 5.92. The van der Waals surface area contributed by atoms with Crippen molar-refractivity contribution in [3.8, 4) is 0 Å². The van der Waals surface area contributed by atoms with E-state index in [2.05, 4.69) is 18.7 Å². The Morgan fingerprint density at radius 3 is 2.39 bits per heavy atom. The topological polar surface area (TPSA) is 59.1 Å². The third kappa shape index (κ3) is 5.18. The Morgan fingerprint density at radius 1 is 1.14 bits per heavy atom. The van der Waals surface area contributed by atoms with Gasteiger partial charge < -0.3 is 19.3 Å². The molecular formula is C22H34N2O4. The maximum Gasteiger partial charge on any atom is 0.410 e. The van der Waals surface area contributed by atoms with Crippen LogP contribution in [-0.4, -0.2) is 54.8 Å². The molecule has 1 saturated heterocycles. The number of nitrogens with zero attached hydrogens (tertiary/aromatic N) is 2. The molecule has 0 aliphatic carbocycles. The summed E-state index contributed by atoms with van der Waals surface area (Å²) in [5.41, 5.74) is 2.32. The van der Waals surface area contributed by atoms with Crippen molar-refractivity contribution in [2.45, 2.75) is 72.1 Å². The first kappa shape index (κ1) is 22.1. The molecule has 1 amide bonds. The largest absolute Gasteiger partial charge is 0.465 e. The molecule has 0 N–H and O–H groups in total. The minimum atomic E-state index is -0.505. The molecule has 0 spiro atoms. The molecule has 1 aromatic rings. The van der Waals surface area contributed by atoms with Crippen LogP contribution >= 0.6 is 0 Å². The first-order valence-electron chi connectivity index (χ1n) is 10.0. The summed E-state index contributed by atoms with van der Waals surface area (Å²) in [5.74, 6) is -0.319. The van der Waals surface area contributed by atoms with Crippen LogP contribution in [0.1, 0.15) is 63.9 Å². The van der Waals surface area contributed by atoms with Gasteiger partial charge in [-0.1, -0.05) is 13.3 Å². The van der Waals surface area contributed by atoms with Crippen LogP contribution in [0.25, 0.3) is 0 Å². The van der Waals surface area contributed by atoms with E-state index >= 15 is 0 Å². The lowest BCUT2D eigenvalue weighted by atomic mass is 10.00. The van der Waals surface area contributed by atoms with Crippen molar-refractivity contribution in [3.05, 3.63) is 29.3 Å². The number of carbonyl (C=O) groups excluding carboxylic acids is 2. The summed E-state index contributed by atoms with van der Waals surface area (Å²) in [7, 11) is 1.40. The Balaban J connectivity index is 2.25. The summed E-state index contributed by atoms with van der Waals surface area (Å²) in [4.78, 5) is 28.6. The number of methoxy groups -OCH3 is 1. The van der Waals surface area contributed by atoms with Crippen LogP contribution < -0.4 is 4.90 Å². The second-order valence-corrected chi connectivity index (χ2v) is 8.57. The van der Waals surface area contributed by atoms with Gasteiger partial charge in [0.05, 0.1) is 12.7 Å². The quantitative estimate of drug-likeness (QED) is 0.719. The van der Waals surface area contributed by atoms with Gasteiger partial charge in [0.25, 0.3) is 0 Å². The fourth-order valence-corrected chi connectivity index (χ4v) is 3.62. The van der Waals surface area contributed by atoms with Gasteiger partial charge in [-0.05, 0) is 64.8 Å². The number of aryl methyl sites for hydroxylation is 1. The normalized spacial score (nSPS) is 20.1. The summed E-state index contributed by atoms with van der Waals surface area (Å²) in [6.45, 7) is 13.3. The third-order valence-electron chi connectivity index (χ3n) is 4.94. The molecule has 0 bridgehead atoms. The Bertz CT molecular complexity index is 711. The second-order valence-electron chi connectivity index (χ2n) is 8.57. The van der Waals surface area contributed by atoms with E-state index in [4.69, 9.17) is 9.47 Å². The Hall–Kier alpha value is -2.24. The molecule has 0 aromatic heterocycles. The van der Waals surface area contributed by atoms with E-state index in [1.807, 2.05) is 50.8 Å². The molecule has 2 rings (SSSR count). The SMILES string of the molecule is CCCc1cc(C(=O)OC)ccc1N1CC(C)N(C(=O)OC(C)(C)C)CC1C. The maximum absolute atomic E-state index is 12.6. The lowest BCUT2D eigenvalue weighted by Crippen LogP contribution is -2.59. The molecule has 1 heterocycles. The van der Waals surface area contributed by atoms with Gasteiger partial charge in [-0.2, -0.15) is 0 Å². The fraction of sp³-hybridized carbons (Fsp3) is 0.636. The molecule has 2 atom stereocenters. The molecule has 6 nitrogen and oxygen atoms in total. The van der Waals surface area contributed by atoms with Crippen molar-refractivity contribution < 1.29 is 19.1 Å². The molecule has 28 heavy (non-hydrogen) atoms. The van der Waals surface area contributed by atoms with E-state index in [9.17, 15) is 9.59 Å². The van der Waals surface area contributed by atoms with Crippen molar-refractivity contribution in [1.29, 1.82) is 0 Å². The molecule has 0 saturated carbocycles. The van der Waals surface area contributed by atoms with Gasteiger partial charge in [0.2, 0.25) is 0 Å². The second kappa shape index (κ2) is 8.84. The number of ether oxygens (including phenoxy) is 2. The van der Waals surface area contributed by atoms with Crippen molar-refractivity contribution in [1.82, 2.24) is 4.90 Å². The lowest BCUT2D eigenvalue weighted by Gasteiger charge is -2.45. The molecule has 1 fully saturated rings. The van der Waals surface area contributed by atoms with Gasteiger partial charge >= 0.3 is 12.1 Å².